The van der Waals surface area contributed by atoms with Gasteiger partial charge in [-0.1, -0.05) is 15.9 Å². The Balaban J connectivity index is 2.71. The predicted molar refractivity (Wildman–Crippen MR) is 76.3 cm³/mol. The van der Waals surface area contributed by atoms with E-state index < -0.39 is 0 Å². The predicted octanol–water partition coefficient (Wildman–Crippen LogP) is 3.79. The highest BCUT2D eigenvalue weighted by molar-refractivity contribution is 9.10. The van der Waals surface area contributed by atoms with Gasteiger partial charge in [-0.05, 0) is 45.4 Å². The second-order valence-corrected chi connectivity index (χ2v) is 5.98. The van der Waals surface area contributed by atoms with Gasteiger partial charge in [0, 0.05) is 16.1 Å². The lowest BCUT2D eigenvalue weighted by Gasteiger charge is -2.18. The molecule has 0 aliphatic carbocycles. The molecule has 4 heteroatoms. The summed E-state index contributed by atoms with van der Waals surface area (Å²) in [5.41, 5.74) is 6.53. The van der Waals surface area contributed by atoms with Crippen molar-refractivity contribution in [1.29, 1.82) is 5.26 Å². The lowest BCUT2D eigenvalue weighted by Crippen LogP contribution is -2.14. The molecule has 0 fully saturated rings. The Kier molecular flexibility index (Phi) is 5.18. The highest BCUT2D eigenvalue weighted by Gasteiger charge is 2.17. The number of rotatable bonds is 5. The maximum absolute atomic E-state index is 8.94. The van der Waals surface area contributed by atoms with Crippen molar-refractivity contribution < 1.29 is 4.74 Å². The SMILES string of the molecule is C[C@H](N)c1cc(Br)ccc1OCCC(C)(C)C#N. The van der Waals surface area contributed by atoms with Crippen LogP contribution in [0.25, 0.3) is 0 Å². The zero-order chi connectivity index (χ0) is 13.8. The van der Waals surface area contributed by atoms with Crippen LogP contribution in [0.5, 0.6) is 5.75 Å². The van der Waals surface area contributed by atoms with Crippen molar-refractivity contribution in [2.75, 3.05) is 6.61 Å². The molecule has 18 heavy (non-hydrogen) atoms. The summed E-state index contributed by atoms with van der Waals surface area (Å²) in [6.07, 6.45) is 0.692. The Bertz CT molecular complexity index is 450. The second-order valence-electron chi connectivity index (χ2n) is 5.06. The first-order valence-electron chi connectivity index (χ1n) is 5.95. The molecular weight excluding hydrogens is 292 g/mol. The van der Waals surface area contributed by atoms with Gasteiger partial charge in [0.1, 0.15) is 5.75 Å². The Labute approximate surface area is 117 Å². The van der Waals surface area contributed by atoms with E-state index in [0.717, 1.165) is 15.8 Å². The van der Waals surface area contributed by atoms with Gasteiger partial charge in [-0.25, -0.2) is 0 Å². The summed E-state index contributed by atoms with van der Waals surface area (Å²) in [5, 5.41) is 8.94. The smallest absolute Gasteiger partial charge is 0.124 e. The standard InChI is InChI=1S/C14H19BrN2O/c1-10(17)12-8-11(15)4-5-13(12)18-7-6-14(2,3)9-16/h4-5,8,10H,6-7,17H2,1-3H3/t10-/m0/s1. The van der Waals surface area contributed by atoms with Crippen LogP contribution in [0.1, 0.15) is 38.8 Å². The fourth-order valence-electron chi connectivity index (χ4n) is 1.48. The largest absolute Gasteiger partial charge is 0.493 e. The third kappa shape index (κ3) is 4.32. The first kappa shape index (κ1) is 15.0. The fourth-order valence-corrected chi connectivity index (χ4v) is 1.86. The molecule has 1 atom stereocenters. The number of halogens is 1. The van der Waals surface area contributed by atoms with E-state index in [4.69, 9.17) is 15.7 Å². The molecule has 1 aromatic carbocycles. The van der Waals surface area contributed by atoms with Gasteiger partial charge in [-0.15, -0.1) is 0 Å². The minimum atomic E-state index is -0.357. The van der Waals surface area contributed by atoms with E-state index in [1.54, 1.807) is 0 Å². The van der Waals surface area contributed by atoms with Crippen molar-refractivity contribution in [3.05, 3.63) is 28.2 Å². The van der Waals surface area contributed by atoms with Crippen LogP contribution in [0.2, 0.25) is 0 Å². The highest BCUT2D eigenvalue weighted by atomic mass is 79.9. The van der Waals surface area contributed by atoms with Crippen molar-refractivity contribution in [3.8, 4) is 11.8 Å². The summed E-state index contributed by atoms with van der Waals surface area (Å²) >= 11 is 3.42. The van der Waals surface area contributed by atoms with Crippen LogP contribution >= 0.6 is 15.9 Å². The molecule has 0 spiro atoms. The van der Waals surface area contributed by atoms with Crippen molar-refractivity contribution in [1.82, 2.24) is 0 Å². The third-order valence-electron chi connectivity index (χ3n) is 2.75. The van der Waals surface area contributed by atoms with Gasteiger partial charge in [0.15, 0.2) is 0 Å². The molecule has 0 unspecified atom stereocenters. The molecule has 0 saturated heterocycles. The zero-order valence-electron chi connectivity index (χ0n) is 11.0. The van der Waals surface area contributed by atoms with Gasteiger partial charge in [-0.2, -0.15) is 5.26 Å². The second kappa shape index (κ2) is 6.21. The first-order valence-corrected chi connectivity index (χ1v) is 6.74. The van der Waals surface area contributed by atoms with Gasteiger partial charge in [0.2, 0.25) is 0 Å². The quantitative estimate of drug-likeness (QED) is 0.900. The van der Waals surface area contributed by atoms with E-state index in [-0.39, 0.29) is 11.5 Å². The Morgan fingerprint density at radius 3 is 2.72 bits per heavy atom. The third-order valence-corrected chi connectivity index (χ3v) is 3.24. The number of hydrogen-bond acceptors (Lipinski definition) is 3. The van der Waals surface area contributed by atoms with E-state index in [1.807, 2.05) is 39.0 Å². The van der Waals surface area contributed by atoms with E-state index in [2.05, 4.69) is 22.0 Å². The molecule has 98 valence electrons. The van der Waals surface area contributed by atoms with Crippen LogP contribution in [0.15, 0.2) is 22.7 Å². The molecule has 0 radical (unpaired) electrons. The summed E-state index contributed by atoms with van der Waals surface area (Å²) < 4.78 is 6.72. The van der Waals surface area contributed by atoms with Gasteiger partial charge in [-0.3, -0.25) is 0 Å². The number of nitrogens with zero attached hydrogens (tertiary/aromatic N) is 1. The monoisotopic (exact) mass is 310 g/mol. The zero-order valence-corrected chi connectivity index (χ0v) is 12.6. The van der Waals surface area contributed by atoms with E-state index in [9.17, 15) is 0 Å². The van der Waals surface area contributed by atoms with Gasteiger partial charge < -0.3 is 10.5 Å². The van der Waals surface area contributed by atoms with Gasteiger partial charge in [0.05, 0.1) is 18.1 Å². The van der Waals surface area contributed by atoms with E-state index in [1.165, 1.54) is 0 Å². The fraction of sp³-hybridized carbons (Fsp3) is 0.500. The molecule has 2 N–H and O–H groups in total. The molecule has 0 amide bonds. The highest BCUT2D eigenvalue weighted by Crippen LogP contribution is 2.28. The molecule has 0 aliphatic heterocycles. The summed E-state index contributed by atoms with van der Waals surface area (Å²) in [7, 11) is 0. The maximum Gasteiger partial charge on any atom is 0.124 e. The number of hydrogen-bond donors (Lipinski definition) is 1. The van der Waals surface area contributed by atoms with Crippen molar-refractivity contribution >= 4 is 15.9 Å². The van der Waals surface area contributed by atoms with E-state index in [0.29, 0.717) is 13.0 Å². The molecule has 3 nitrogen and oxygen atoms in total. The molecule has 0 aromatic heterocycles. The number of benzene rings is 1. The maximum atomic E-state index is 8.94. The molecule has 0 bridgehead atoms. The molecule has 0 aliphatic rings. The lowest BCUT2D eigenvalue weighted by atomic mass is 9.92. The summed E-state index contributed by atoms with van der Waals surface area (Å²) in [5.74, 6) is 0.793. The average molecular weight is 311 g/mol. The van der Waals surface area contributed by atoms with Crippen molar-refractivity contribution in [3.63, 3.8) is 0 Å². The number of nitrogens with two attached hydrogens (primary N) is 1. The first-order chi connectivity index (χ1) is 8.35. The van der Waals surface area contributed by atoms with Crippen LogP contribution < -0.4 is 10.5 Å². The van der Waals surface area contributed by atoms with Crippen LogP contribution in [0.3, 0.4) is 0 Å². The van der Waals surface area contributed by atoms with Gasteiger partial charge in [0.25, 0.3) is 0 Å². The molecule has 1 aromatic rings. The minimum absolute atomic E-state index is 0.0820. The van der Waals surface area contributed by atoms with Crippen LogP contribution in [0, 0.1) is 16.7 Å². The van der Waals surface area contributed by atoms with E-state index >= 15 is 0 Å². The summed E-state index contributed by atoms with van der Waals surface area (Å²) in [6.45, 7) is 6.25. The van der Waals surface area contributed by atoms with Gasteiger partial charge >= 0.3 is 0 Å². The Morgan fingerprint density at radius 2 is 2.17 bits per heavy atom. The summed E-state index contributed by atoms with van der Waals surface area (Å²) in [4.78, 5) is 0. The van der Waals surface area contributed by atoms with Crippen LogP contribution in [0.4, 0.5) is 0 Å². The normalized spacial score (nSPS) is 12.9. The molecule has 1 rings (SSSR count). The lowest BCUT2D eigenvalue weighted by molar-refractivity contribution is 0.261. The summed E-state index contributed by atoms with van der Waals surface area (Å²) in [6, 6.07) is 7.98. The Morgan fingerprint density at radius 1 is 1.50 bits per heavy atom. The molecule has 0 heterocycles. The number of ether oxygens (including phenoxy) is 1. The van der Waals surface area contributed by atoms with Crippen molar-refractivity contribution in [2.24, 2.45) is 11.1 Å². The van der Waals surface area contributed by atoms with Crippen LogP contribution in [-0.4, -0.2) is 6.61 Å². The minimum Gasteiger partial charge on any atom is -0.493 e. The molecule has 0 saturated carbocycles. The molecular formula is C14H19BrN2O. The number of nitriles is 1. The topological polar surface area (TPSA) is 59.0 Å². The van der Waals surface area contributed by atoms with Crippen molar-refractivity contribution in [2.45, 2.75) is 33.2 Å². The Hall–Kier alpha value is -1.05. The average Bonchev–Trinajstić information content (AvgIpc) is 2.30. The van der Waals surface area contributed by atoms with Crippen LogP contribution in [-0.2, 0) is 0 Å².